The summed E-state index contributed by atoms with van der Waals surface area (Å²) in [5.74, 6) is 0.716. The Hall–Kier alpha value is -0.470. The van der Waals surface area contributed by atoms with Crippen molar-refractivity contribution in [1.29, 1.82) is 0 Å². The Morgan fingerprint density at radius 2 is 1.62 bits per heavy atom. The second kappa shape index (κ2) is 6.31. The molecule has 90 valence electrons. The van der Waals surface area contributed by atoms with Gasteiger partial charge in [-0.1, -0.05) is 32.9 Å². The molecule has 0 bridgehead atoms. The van der Waals surface area contributed by atoms with Crippen molar-refractivity contribution in [1.82, 2.24) is 0 Å². The van der Waals surface area contributed by atoms with Crippen molar-refractivity contribution in [3.05, 3.63) is 29.8 Å². The molecule has 1 aromatic carbocycles. The summed E-state index contributed by atoms with van der Waals surface area (Å²) in [5.41, 5.74) is 7.11. The van der Waals surface area contributed by atoms with E-state index in [1.165, 1.54) is 10.5 Å². The average molecular weight is 237 g/mol. The second-order valence-corrected chi connectivity index (χ2v) is 6.34. The molecule has 1 rings (SSSR count). The summed E-state index contributed by atoms with van der Waals surface area (Å²) in [6.07, 6.45) is 0.963. The molecule has 2 atom stereocenters. The summed E-state index contributed by atoms with van der Waals surface area (Å²) >= 11 is 1.95. The van der Waals surface area contributed by atoms with Gasteiger partial charge in [-0.05, 0) is 37.0 Å². The normalized spacial score (nSPS) is 15.1. The number of benzene rings is 1. The van der Waals surface area contributed by atoms with E-state index in [2.05, 4.69) is 45.0 Å². The van der Waals surface area contributed by atoms with E-state index in [9.17, 15) is 0 Å². The minimum Gasteiger partial charge on any atom is -0.328 e. The Morgan fingerprint density at radius 3 is 2.06 bits per heavy atom. The molecule has 0 heterocycles. The van der Waals surface area contributed by atoms with Crippen molar-refractivity contribution in [2.75, 3.05) is 0 Å². The molecule has 0 aliphatic carbocycles. The van der Waals surface area contributed by atoms with Gasteiger partial charge in [-0.15, -0.1) is 11.8 Å². The Morgan fingerprint density at radius 1 is 1.06 bits per heavy atom. The Balaban J connectivity index is 2.57. The van der Waals surface area contributed by atoms with E-state index < -0.39 is 0 Å². The summed E-state index contributed by atoms with van der Waals surface area (Å²) in [5, 5.41) is 0.666. The monoisotopic (exact) mass is 237 g/mol. The number of nitrogens with two attached hydrogens (primary N) is 1. The molecular weight excluding hydrogens is 214 g/mol. The van der Waals surface area contributed by atoms with Crippen molar-refractivity contribution in [3.8, 4) is 0 Å². The molecule has 0 amide bonds. The zero-order chi connectivity index (χ0) is 12.1. The minimum atomic E-state index is 0.244. The van der Waals surface area contributed by atoms with Crippen LogP contribution in [0.5, 0.6) is 0 Å². The van der Waals surface area contributed by atoms with E-state index in [-0.39, 0.29) is 6.04 Å². The largest absolute Gasteiger partial charge is 0.328 e. The topological polar surface area (TPSA) is 26.0 Å². The molecule has 2 N–H and O–H groups in total. The molecule has 0 fully saturated rings. The quantitative estimate of drug-likeness (QED) is 0.790. The number of hydrogen-bond donors (Lipinski definition) is 1. The van der Waals surface area contributed by atoms with Crippen LogP contribution in [-0.4, -0.2) is 11.3 Å². The summed E-state index contributed by atoms with van der Waals surface area (Å²) < 4.78 is 0. The molecule has 1 aromatic rings. The molecule has 0 saturated heterocycles. The average Bonchev–Trinajstić information content (AvgIpc) is 2.20. The predicted molar refractivity (Wildman–Crippen MR) is 74.0 cm³/mol. The predicted octanol–water partition coefficient (Wildman–Crippen LogP) is 3.71. The summed E-state index contributed by atoms with van der Waals surface area (Å²) in [7, 11) is 0. The third-order valence-corrected chi connectivity index (χ3v) is 4.20. The van der Waals surface area contributed by atoms with Crippen LogP contribution in [0.3, 0.4) is 0 Å². The van der Waals surface area contributed by atoms with E-state index in [1.807, 2.05) is 18.7 Å². The highest BCUT2D eigenvalue weighted by molar-refractivity contribution is 8.00. The zero-order valence-electron chi connectivity index (χ0n) is 10.7. The van der Waals surface area contributed by atoms with Gasteiger partial charge in [0.1, 0.15) is 0 Å². The first-order valence-corrected chi connectivity index (χ1v) is 6.88. The van der Waals surface area contributed by atoms with Crippen LogP contribution >= 0.6 is 11.8 Å². The third kappa shape index (κ3) is 4.58. The smallest absolute Gasteiger partial charge is 0.00890 e. The second-order valence-electron chi connectivity index (χ2n) is 4.89. The molecule has 0 saturated carbocycles. The van der Waals surface area contributed by atoms with Gasteiger partial charge in [-0.2, -0.15) is 0 Å². The molecule has 0 spiro atoms. The van der Waals surface area contributed by atoms with Gasteiger partial charge in [-0.25, -0.2) is 0 Å². The zero-order valence-corrected chi connectivity index (χ0v) is 11.6. The highest BCUT2D eigenvalue weighted by Crippen LogP contribution is 2.27. The minimum absolute atomic E-state index is 0.244. The maximum Gasteiger partial charge on any atom is 0.00890 e. The van der Waals surface area contributed by atoms with Gasteiger partial charge < -0.3 is 5.73 Å². The van der Waals surface area contributed by atoms with Crippen molar-refractivity contribution < 1.29 is 0 Å². The molecule has 16 heavy (non-hydrogen) atoms. The lowest BCUT2D eigenvalue weighted by Crippen LogP contribution is -2.17. The van der Waals surface area contributed by atoms with Crippen LogP contribution in [0, 0.1) is 5.92 Å². The highest BCUT2D eigenvalue weighted by Gasteiger charge is 2.08. The first-order chi connectivity index (χ1) is 7.49. The summed E-state index contributed by atoms with van der Waals surface area (Å²) in [6, 6.07) is 9.05. The highest BCUT2D eigenvalue weighted by atomic mass is 32.2. The lowest BCUT2D eigenvalue weighted by molar-refractivity contribution is 0.642. The van der Waals surface area contributed by atoms with Gasteiger partial charge in [0.05, 0.1) is 0 Å². The van der Waals surface area contributed by atoms with Crippen LogP contribution in [0.1, 0.15) is 33.3 Å². The molecule has 1 nitrogen and oxygen atoms in total. The standard InChI is InChI=1S/C14H23NS/c1-10(2)12(4)16-14-7-5-13(6-8-14)9-11(3)15/h5-8,10-12H,9,15H2,1-4H3. The fraction of sp³-hybridized carbons (Fsp3) is 0.571. The van der Waals surface area contributed by atoms with Gasteiger partial charge >= 0.3 is 0 Å². The molecule has 2 heteroatoms. The molecule has 0 aromatic heterocycles. The number of rotatable bonds is 5. The Kier molecular flexibility index (Phi) is 5.36. The first kappa shape index (κ1) is 13.6. The van der Waals surface area contributed by atoms with E-state index in [1.54, 1.807) is 0 Å². The van der Waals surface area contributed by atoms with Crippen LogP contribution in [0.25, 0.3) is 0 Å². The molecule has 2 unspecified atom stereocenters. The summed E-state index contributed by atoms with van der Waals surface area (Å²) in [6.45, 7) is 8.86. The molecule has 0 aliphatic heterocycles. The van der Waals surface area contributed by atoms with Crippen molar-refractivity contribution in [2.45, 2.75) is 50.3 Å². The van der Waals surface area contributed by atoms with E-state index in [0.717, 1.165) is 6.42 Å². The maximum atomic E-state index is 5.78. The van der Waals surface area contributed by atoms with Crippen LogP contribution < -0.4 is 5.73 Å². The maximum absolute atomic E-state index is 5.78. The van der Waals surface area contributed by atoms with Gasteiger partial charge in [0.2, 0.25) is 0 Å². The fourth-order valence-electron chi connectivity index (χ4n) is 1.43. The lowest BCUT2D eigenvalue weighted by Gasteiger charge is -2.15. The SMILES string of the molecule is CC(N)Cc1ccc(SC(C)C(C)C)cc1. The third-order valence-electron chi connectivity index (χ3n) is 2.74. The van der Waals surface area contributed by atoms with Gasteiger partial charge in [0.25, 0.3) is 0 Å². The van der Waals surface area contributed by atoms with Gasteiger partial charge in [0, 0.05) is 16.2 Å². The Bertz CT molecular complexity index is 303. The van der Waals surface area contributed by atoms with Gasteiger partial charge in [-0.3, -0.25) is 0 Å². The molecular formula is C14H23NS. The number of hydrogen-bond acceptors (Lipinski definition) is 2. The van der Waals surface area contributed by atoms with Crippen molar-refractivity contribution in [3.63, 3.8) is 0 Å². The number of thioether (sulfide) groups is 1. The lowest BCUT2D eigenvalue weighted by atomic mass is 10.1. The van der Waals surface area contributed by atoms with Crippen LogP contribution in [0.4, 0.5) is 0 Å². The van der Waals surface area contributed by atoms with E-state index in [0.29, 0.717) is 11.2 Å². The molecule has 0 aliphatic rings. The van der Waals surface area contributed by atoms with Gasteiger partial charge in [0.15, 0.2) is 0 Å². The van der Waals surface area contributed by atoms with E-state index in [4.69, 9.17) is 5.73 Å². The fourth-order valence-corrected chi connectivity index (χ4v) is 2.42. The molecule has 0 radical (unpaired) electrons. The van der Waals surface area contributed by atoms with Crippen molar-refractivity contribution >= 4 is 11.8 Å². The van der Waals surface area contributed by atoms with E-state index >= 15 is 0 Å². The Labute approximate surface area is 104 Å². The van der Waals surface area contributed by atoms with Crippen LogP contribution in [0.15, 0.2) is 29.2 Å². The van der Waals surface area contributed by atoms with Crippen LogP contribution in [0.2, 0.25) is 0 Å². The summed E-state index contributed by atoms with van der Waals surface area (Å²) in [4.78, 5) is 1.36. The first-order valence-electron chi connectivity index (χ1n) is 6.00. The van der Waals surface area contributed by atoms with Crippen LogP contribution in [-0.2, 0) is 6.42 Å². The van der Waals surface area contributed by atoms with Crippen molar-refractivity contribution in [2.24, 2.45) is 11.7 Å².